The van der Waals surface area contributed by atoms with Crippen LogP contribution < -0.4 is 0 Å². The fraction of sp³-hybridized carbons (Fsp3) is 0. The van der Waals surface area contributed by atoms with Gasteiger partial charge in [-0.15, -0.1) is 0 Å². The largest absolute Gasteiger partial charge is 0.475 e. The van der Waals surface area contributed by atoms with Gasteiger partial charge in [0.15, 0.2) is 5.57 Å². The molecule has 0 heterocycles. The normalized spacial score (nSPS) is 7.69. The van der Waals surface area contributed by atoms with E-state index in [-0.39, 0.29) is 6.08 Å². The Hall–Kier alpha value is -2.29. The maximum atomic E-state index is 10.6. The second kappa shape index (κ2) is 4.56. The minimum atomic E-state index is -1.97. The van der Waals surface area contributed by atoms with Crippen molar-refractivity contribution in [3.63, 3.8) is 0 Å². The van der Waals surface area contributed by atoms with Crippen LogP contribution in [0, 0.1) is 0 Å². The molecule has 0 fully saturated rings. The summed E-state index contributed by atoms with van der Waals surface area (Å²) in [6.45, 7) is 0. The summed E-state index contributed by atoms with van der Waals surface area (Å²) >= 11 is 0. The van der Waals surface area contributed by atoms with E-state index < -0.39 is 23.1 Å². The molecule has 0 atom stereocenters. The molecule has 0 aromatic carbocycles. The standard InChI is InChI=1S/C7H2O6/c8-2-1-5(10)4(3-9)6(11)7(12)13/h1H,(H,12,13). The van der Waals surface area contributed by atoms with Crippen LogP contribution in [0.25, 0.3) is 0 Å². The van der Waals surface area contributed by atoms with Crippen molar-refractivity contribution in [1.29, 1.82) is 0 Å². The topological polar surface area (TPSA) is 106 Å². The SMILES string of the molecule is O=C=CC(=O)C(=C=O)C(=O)C(=O)O. The van der Waals surface area contributed by atoms with Gasteiger partial charge in [-0.3, -0.25) is 9.59 Å². The van der Waals surface area contributed by atoms with Crippen LogP contribution in [0.2, 0.25) is 0 Å². The van der Waals surface area contributed by atoms with Gasteiger partial charge < -0.3 is 5.11 Å². The molecule has 13 heavy (non-hydrogen) atoms. The number of hydrogen-bond donors (Lipinski definition) is 1. The molecule has 66 valence electrons. The molecule has 0 aliphatic carbocycles. The van der Waals surface area contributed by atoms with Crippen molar-refractivity contribution in [3.05, 3.63) is 11.6 Å². The van der Waals surface area contributed by atoms with Crippen LogP contribution in [0.15, 0.2) is 11.6 Å². The van der Waals surface area contributed by atoms with E-state index in [2.05, 4.69) is 0 Å². The van der Waals surface area contributed by atoms with Crippen LogP contribution in [0.1, 0.15) is 0 Å². The number of Topliss-reactive ketones (excluding diaryl/α,β-unsaturated/α-hetero) is 1. The highest BCUT2D eigenvalue weighted by Gasteiger charge is 2.24. The molecule has 6 nitrogen and oxygen atoms in total. The van der Waals surface area contributed by atoms with Gasteiger partial charge in [-0.1, -0.05) is 0 Å². The fourth-order valence-electron chi connectivity index (χ4n) is 0.441. The van der Waals surface area contributed by atoms with E-state index in [4.69, 9.17) is 5.11 Å². The Kier molecular flexibility index (Phi) is 3.76. The third-order valence-corrected chi connectivity index (χ3v) is 0.960. The van der Waals surface area contributed by atoms with Crippen molar-refractivity contribution < 1.29 is 29.1 Å². The van der Waals surface area contributed by atoms with Crippen LogP contribution >= 0.6 is 0 Å². The average Bonchev–Trinajstić information content (AvgIpc) is 2.05. The summed E-state index contributed by atoms with van der Waals surface area (Å²) < 4.78 is 0. The quantitative estimate of drug-likeness (QED) is 0.183. The Labute approximate surface area is 71.2 Å². The van der Waals surface area contributed by atoms with Crippen molar-refractivity contribution in [2.24, 2.45) is 0 Å². The number of ketones is 2. The molecule has 0 rings (SSSR count). The predicted octanol–water partition coefficient (Wildman–Crippen LogP) is -1.65. The lowest BCUT2D eigenvalue weighted by Crippen LogP contribution is -2.20. The van der Waals surface area contributed by atoms with Gasteiger partial charge in [0.1, 0.15) is 11.9 Å². The molecular formula is C7H2O6. The summed E-state index contributed by atoms with van der Waals surface area (Å²) in [5.74, 6) is -3.14. The van der Waals surface area contributed by atoms with E-state index >= 15 is 0 Å². The van der Waals surface area contributed by atoms with Gasteiger partial charge in [-0.05, 0) is 0 Å². The number of carbonyl (C=O) groups is 3. The molecule has 0 saturated heterocycles. The zero-order chi connectivity index (χ0) is 10.4. The zero-order valence-electron chi connectivity index (χ0n) is 6.07. The molecule has 0 bridgehead atoms. The van der Waals surface area contributed by atoms with E-state index in [9.17, 15) is 24.0 Å². The van der Waals surface area contributed by atoms with E-state index in [0.29, 0.717) is 0 Å². The van der Waals surface area contributed by atoms with E-state index in [1.165, 1.54) is 0 Å². The summed E-state index contributed by atoms with van der Waals surface area (Å²) in [6.07, 6.45) is 0.237. The fourth-order valence-corrected chi connectivity index (χ4v) is 0.441. The van der Waals surface area contributed by atoms with Crippen molar-refractivity contribution in [2.45, 2.75) is 0 Å². The van der Waals surface area contributed by atoms with Gasteiger partial charge in [0.2, 0.25) is 5.78 Å². The van der Waals surface area contributed by atoms with Crippen LogP contribution in [0.4, 0.5) is 0 Å². The third kappa shape index (κ3) is 2.67. The van der Waals surface area contributed by atoms with Crippen molar-refractivity contribution >= 4 is 29.4 Å². The van der Waals surface area contributed by atoms with Gasteiger partial charge in [-0.25, -0.2) is 14.4 Å². The van der Waals surface area contributed by atoms with E-state index in [0.717, 1.165) is 11.9 Å². The van der Waals surface area contributed by atoms with Crippen molar-refractivity contribution in [2.75, 3.05) is 0 Å². The van der Waals surface area contributed by atoms with Gasteiger partial charge in [0.25, 0.3) is 5.78 Å². The lowest BCUT2D eigenvalue weighted by Gasteiger charge is -1.89. The predicted molar refractivity (Wildman–Crippen MR) is 37.1 cm³/mol. The molecule has 0 saturated carbocycles. The molecule has 0 aliphatic rings. The summed E-state index contributed by atoms with van der Waals surface area (Å²) in [5.41, 5.74) is -1.23. The molecule has 0 radical (unpaired) electrons. The average molecular weight is 182 g/mol. The Morgan fingerprint density at radius 2 is 1.69 bits per heavy atom. The molecule has 1 N–H and O–H groups in total. The number of carbonyl (C=O) groups excluding carboxylic acids is 4. The highest BCUT2D eigenvalue weighted by atomic mass is 16.4. The molecule has 6 heteroatoms. The molecular weight excluding hydrogens is 180 g/mol. The molecule has 0 aliphatic heterocycles. The number of hydrogen-bond acceptors (Lipinski definition) is 5. The van der Waals surface area contributed by atoms with Crippen molar-refractivity contribution in [1.82, 2.24) is 0 Å². The maximum absolute atomic E-state index is 10.6. The second-order valence-electron chi connectivity index (χ2n) is 1.74. The van der Waals surface area contributed by atoms with Crippen LogP contribution in [0.5, 0.6) is 0 Å². The van der Waals surface area contributed by atoms with Crippen LogP contribution in [0.3, 0.4) is 0 Å². The van der Waals surface area contributed by atoms with E-state index in [1.807, 2.05) is 0 Å². The Morgan fingerprint density at radius 1 is 1.15 bits per heavy atom. The highest BCUT2D eigenvalue weighted by Crippen LogP contribution is 1.94. The summed E-state index contributed by atoms with van der Waals surface area (Å²) in [6, 6.07) is 0. The van der Waals surface area contributed by atoms with E-state index in [1.54, 1.807) is 0 Å². The Balaban J connectivity index is 5.07. The smallest absolute Gasteiger partial charge is 0.378 e. The first-order valence-electron chi connectivity index (χ1n) is 2.82. The minimum Gasteiger partial charge on any atom is -0.475 e. The minimum absolute atomic E-state index is 0.237. The molecule has 0 aromatic heterocycles. The first-order valence-corrected chi connectivity index (χ1v) is 2.82. The zero-order valence-corrected chi connectivity index (χ0v) is 6.07. The maximum Gasteiger partial charge on any atom is 0.378 e. The highest BCUT2D eigenvalue weighted by molar-refractivity contribution is 6.50. The van der Waals surface area contributed by atoms with Gasteiger partial charge in [0, 0.05) is 0 Å². The Morgan fingerprint density at radius 3 is 2.00 bits per heavy atom. The third-order valence-electron chi connectivity index (χ3n) is 0.960. The van der Waals surface area contributed by atoms with Gasteiger partial charge in [0.05, 0.1) is 6.08 Å². The van der Waals surface area contributed by atoms with Gasteiger partial charge >= 0.3 is 5.97 Å². The van der Waals surface area contributed by atoms with Crippen LogP contribution in [-0.4, -0.2) is 34.5 Å². The Bertz CT molecular complexity index is 348. The molecule has 0 amide bonds. The summed E-state index contributed by atoms with van der Waals surface area (Å²) in [4.78, 5) is 50.7. The first-order chi connectivity index (χ1) is 6.04. The number of rotatable bonds is 4. The lowest BCUT2D eigenvalue weighted by molar-refractivity contribution is -0.147. The number of carboxylic acid groups (broad SMARTS) is 1. The van der Waals surface area contributed by atoms with Crippen LogP contribution in [-0.2, 0) is 24.0 Å². The molecule has 0 aromatic rings. The van der Waals surface area contributed by atoms with Crippen molar-refractivity contribution in [3.8, 4) is 0 Å². The summed E-state index contributed by atoms with van der Waals surface area (Å²) in [7, 11) is 0. The number of carboxylic acids is 1. The molecule has 0 unspecified atom stereocenters. The second-order valence-corrected chi connectivity index (χ2v) is 1.74. The van der Waals surface area contributed by atoms with Gasteiger partial charge in [-0.2, -0.15) is 0 Å². The first kappa shape index (κ1) is 10.7. The monoisotopic (exact) mass is 182 g/mol. The number of allylic oxidation sites excluding steroid dienone is 1. The summed E-state index contributed by atoms with van der Waals surface area (Å²) in [5, 5.41) is 8.09. The number of aliphatic carboxylic acids is 1. The lowest BCUT2D eigenvalue weighted by atomic mass is 10.1. The molecule has 0 spiro atoms.